The Morgan fingerprint density at radius 1 is 0.900 bits per heavy atom. The molecule has 0 aliphatic heterocycles. The topological polar surface area (TPSA) is 149 Å². The maximum absolute atomic E-state index is 12.3. The summed E-state index contributed by atoms with van der Waals surface area (Å²) in [7, 11) is 2.35. The summed E-state index contributed by atoms with van der Waals surface area (Å²) in [6.07, 6.45) is -1.14. The number of esters is 2. The first-order valence-electron chi connectivity index (χ1n) is 9.01. The molecular formula is C19H25N3O8. The number of carbonyl (C=O) groups is 5. The summed E-state index contributed by atoms with van der Waals surface area (Å²) in [5, 5.41) is 6.99. The molecule has 0 saturated heterocycles. The van der Waals surface area contributed by atoms with Gasteiger partial charge in [-0.1, -0.05) is 30.3 Å². The summed E-state index contributed by atoms with van der Waals surface area (Å²) >= 11 is 0. The first kappa shape index (κ1) is 24.4. The normalized spacial score (nSPS) is 10.9. The lowest BCUT2D eigenvalue weighted by Gasteiger charge is -2.18. The van der Waals surface area contributed by atoms with Crippen molar-refractivity contribution in [3.8, 4) is 0 Å². The van der Waals surface area contributed by atoms with Gasteiger partial charge in [0.1, 0.15) is 25.7 Å². The Hall–Kier alpha value is -3.63. The number of carbonyl (C=O) groups excluding carboxylic acids is 5. The van der Waals surface area contributed by atoms with Gasteiger partial charge in [0.2, 0.25) is 11.8 Å². The van der Waals surface area contributed by atoms with E-state index >= 15 is 0 Å². The maximum atomic E-state index is 12.3. The number of benzene rings is 1. The lowest BCUT2D eigenvalue weighted by atomic mass is 10.1. The molecule has 0 aromatic heterocycles. The average molecular weight is 423 g/mol. The highest BCUT2D eigenvalue weighted by Gasteiger charge is 2.23. The predicted molar refractivity (Wildman–Crippen MR) is 103 cm³/mol. The fourth-order valence-corrected chi connectivity index (χ4v) is 2.14. The Morgan fingerprint density at radius 3 is 2.10 bits per heavy atom. The van der Waals surface area contributed by atoms with Gasteiger partial charge in [-0.25, -0.2) is 4.79 Å². The van der Waals surface area contributed by atoms with Crippen LogP contribution in [0.15, 0.2) is 30.3 Å². The molecule has 0 spiro atoms. The van der Waals surface area contributed by atoms with E-state index in [1.807, 2.05) is 6.07 Å². The number of amides is 3. The van der Waals surface area contributed by atoms with Crippen molar-refractivity contribution < 1.29 is 38.2 Å². The molecule has 1 aromatic carbocycles. The van der Waals surface area contributed by atoms with E-state index in [1.54, 1.807) is 24.3 Å². The molecule has 11 nitrogen and oxygen atoms in total. The summed E-state index contributed by atoms with van der Waals surface area (Å²) in [6, 6.07) is 7.76. The zero-order valence-electron chi connectivity index (χ0n) is 16.8. The van der Waals surface area contributed by atoms with Crippen molar-refractivity contribution in [3.63, 3.8) is 0 Å². The molecule has 164 valence electrons. The van der Waals surface area contributed by atoms with Crippen LogP contribution in [0.3, 0.4) is 0 Å². The van der Waals surface area contributed by atoms with Crippen molar-refractivity contribution >= 4 is 29.8 Å². The molecule has 0 aliphatic rings. The highest BCUT2D eigenvalue weighted by Crippen LogP contribution is 2.03. The number of alkyl carbamates (subject to hydrolysis) is 1. The summed E-state index contributed by atoms with van der Waals surface area (Å²) in [4.78, 5) is 58.5. The number of ether oxygens (including phenoxy) is 3. The number of hydrogen-bond acceptors (Lipinski definition) is 8. The van der Waals surface area contributed by atoms with Gasteiger partial charge in [0.25, 0.3) is 0 Å². The molecule has 0 radical (unpaired) electrons. The lowest BCUT2D eigenvalue weighted by molar-refractivity contribution is -0.141. The van der Waals surface area contributed by atoms with E-state index in [-0.39, 0.29) is 26.0 Å². The number of nitrogens with one attached hydrogen (secondary N) is 3. The Balaban J connectivity index is 2.60. The van der Waals surface area contributed by atoms with E-state index in [4.69, 9.17) is 4.74 Å². The van der Waals surface area contributed by atoms with E-state index in [0.29, 0.717) is 0 Å². The van der Waals surface area contributed by atoms with Gasteiger partial charge in [-0.15, -0.1) is 0 Å². The third-order valence-electron chi connectivity index (χ3n) is 3.77. The van der Waals surface area contributed by atoms with Crippen molar-refractivity contribution in [3.05, 3.63) is 35.9 Å². The van der Waals surface area contributed by atoms with Gasteiger partial charge in [0.05, 0.1) is 14.2 Å². The zero-order chi connectivity index (χ0) is 22.4. The van der Waals surface area contributed by atoms with Crippen LogP contribution in [0.5, 0.6) is 0 Å². The second-order valence-corrected chi connectivity index (χ2v) is 5.94. The summed E-state index contributed by atoms with van der Waals surface area (Å²) in [5.74, 6) is -2.52. The summed E-state index contributed by atoms with van der Waals surface area (Å²) < 4.78 is 13.9. The van der Waals surface area contributed by atoms with Crippen molar-refractivity contribution in [2.24, 2.45) is 0 Å². The molecule has 3 amide bonds. The Labute approximate surface area is 173 Å². The number of hydrogen-bond donors (Lipinski definition) is 3. The van der Waals surface area contributed by atoms with Crippen LogP contribution in [-0.4, -0.2) is 63.2 Å². The fraction of sp³-hybridized carbons (Fsp3) is 0.421. The molecular weight excluding hydrogens is 398 g/mol. The van der Waals surface area contributed by atoms with Crippen molar-refractivity contribution in [1.29, 1.82) is 0 Å². The maximum Gasteiger partial charge on any atom is 0.408 e. The first-order valence-corrected chi connectivity index (χ1v) is 9.01. The number of methoxy groups -OCH3 is 2. The number of rotatable bonds is 11. The van der Waals surface area contributed by atoms with Crippen molar-refractivity contribution in [2.45, 2.75) is 25.5 Å². The van der Waals surface area contributed by atoms with Gasteiger partial charge in [0.15, 0.2) is 0 Å². The van der Waals surface area contributed by atoms with Gasteiger partial charge in [-0.2, -0.15) is 0 Å². The molecule has 1 atom stereocenters. The minimum Gasteiger partial charge on any atom is -0.468 e. The van der Waals surface area contributed by atoms with Crippen LogP contribution >= 0.6 is 0 Å². The standard InChI is InChI=1S/C19H25N3O8/c1-28-16(24)10-20-15(23)9-8-14(18(26)21-11-17(25)29-2)22-19(27)30-12-13-6-4-3-5-7-13/h3-7,14H,8-12H2,1-2H3,(H,20,23)(H,21,26)(H,22,27)/t14-/m0/s1. The third-order valence-corrected chi connectivity index (χ3v) is 3.77. The van der Waals surface area contributed by atoms with E-state index < -0.39 is 42.4 Å². The van der Waals surface area contributed by atoms with Crippen LogP contribution < -0.4 is 16.0 Å². The largest absolute Gasteiger partial charge is 0.468 e. The molecule has 1 aromatic rings. The molecule has 0 aliphatic carbocycles. The smallest absolute Gasteiger partial charge is 0.408 e. The van der Waals surface area contributed by atoms with Crippen LogP contribution in [0.2, 0.25) is 0 Å². The molecule has 11 heteroatoms. The highest BCUT2D eigenvalue weighted by atomic mass is 16.5. The fourth-order valence-electron chi connectivity index (χ4n) is 2.14. The van der Waals surface area contributed by atoms with Gasteiger partial charge in [0, 0.05) is 6.42 Å². The molecule has 0 fully saturated rings. The molecule has 3 N–H and O–H groups in total. The summed E-state index contributed by atoms with van der Waals surface area (Å²) in [6.45, 7) is -0.731. The Morgan fingerprint density at radius 2 is 1.50 bits per heavy atom. The van der Waals surface area contributed by atoms with Crippen molar-refractivity contribution in [2.75, 3.05) is 27.3 Å². The zero-order valence-corrected chi connectivity index (χ0v) is 16.8. The molecule has 0 heterocycles. The van der Waals surface area contributed by atoms with E-state index in [0.717, 1.165) is 12.7 Å². The minimum absolute atomic E-state index is 0.0111. The predicted octanol–water partition coefficient (Wildman–Crippen LogP) is -0.360. The van der Waals surface area contributed by atoms with Gasteiger partial charge in [-0.05, 0) is 12.0 Å². The Kier molecular flexibility index (Phi) is 11.0. The highest BCUT2D eigenvalue weighted by molar-refractivity contribution is 5.89. The van der Waals surface area contributed by atoms with Crippen LogP contribution in [0.4, 0.5) is 4.79 Å². The van der Waals surface area contributed by atoms with E-state index in [2.05, 4.69) is 25.4 Å². The second-order valence-electron chi connectivity index (χ2n) is 5.94. The first-order chi connectivity index (χ1) is 14.3. The molecule has 0 bridgehead atoms. The van der Waals surface area contributed by atoms with Crippen LogP contribution in [0, 0.1) is 0 Å². The van der Waals surface area contributed by atoms with Crippen LogP contribution in [-0.2, 0) is 40.0 Å². The van der Waals surface area contributed by atoms with E-state index in [1.165, 1.54) is 7.11 Å². The van der Waals surface area contributed by atoms with Gasteiger partial charge in [-0.3, -0.25) is 19.2 Å². The monoisotopic (exact) mass is 423 g/mol. The summed E-state index contributed by atoms with van der Waals surface area (Å²) in [5.41, 5.74) is 0.751. The lowest BCUT2D eigenvalue weighted by Crippen LogP contribution is -2.48. The Bertz CT molecular complexity index is 739. The van der Waals surface area contributed by atoms with Crippen molar-refractivity contribution in [1.82, 2.24) is 16.0 Å². The van der Waals surface area contributed by atoms with Gasteiger partial charge < -0.3 is 30.2 Å². The molecule has 30 heavy (non-hydrogen) atoms. The SMILES string of the molecule is COC(=O)CNC(=O)CC[C@H](NC(=O)OCc1ccccc1)C(=O)NCC(=O)OC. The van der Waals surface area contributed by atoms with Gasteiger partial charge >= 0.3 is 18.0 Å². The molecule has 0 unspecified atom stereocenters. The average Bonchev–Trinajstić information content (AvgIpc) is 2.77. The third kappa shape index (κ3) is 10.1. The van der Waals surface area contributed by atoms with Crippen LogP contribution in [0.25, 0.3) is 0 Å². The van der Waals surface area contributed by atoms with E-state index in [9.17, 15) is 24.0 Å². The minimum atomic E-state index is -1.15. The quantitative estimate of drug-likeness (QED) is 0.323. The molecule has 0 saturated carbocycles. The second kappa shape index (κ2) is 13.5. The molecule has 1 rings (SSSR count). The van der Waals surface area contributed by atoms with Crippen LogP contribution in [0.1, 0.15) is 18.4 Å².